The normalized spacial score (nSPS) is 18.0. The van der Waals surface area contributed by atoms with Crippen LogP contribution in [0.1, 0.15) is 40.5 Å². The van der Waals surface area contributed by atoms with E-state index in [0.29, 0.717) is 17.8 Å². The van der Waals surface area contributed by atoms with Crippen LogP contribution in [-0.2, 0) is 4.79 Å². The summed E-state index contributed by atoms with van der Waals surface area (Å²) < 4.78 is 1.12. The minimum Gasteiger partial charge on any atom is -0.335 e. The second kappa shape index (κ2) is 7.40. The summed E-state index contributed by atoms with van der Waals surface area (Å²) in [6.45, 7) is 2.63. The first-order valence-corrected chi connectivity index (χ1v) is 10.7. The van der Waals surface area contributed by atoms with Crippen LogP contribution in [0, 0.1) is 0 Å². The second-order valence-electron chi connectivity index (χ2n) is 6.78. The lowest BCUT2D eigenvalue weighted by molar-refractivity contribution is -0.135. The second-order valence-corrected chi connectivity index (χ2v) is 8.79. The van der Waals surface area contributed by atoms with Gasteiger partial charge in [0.1, 0.15) is 11.0 Å². The Balaban J connectivity index is 1.53. The van der Waals surface area contributed by atoms with E-state index in [4.69, 9.17) is 0 Å². The molecule has 140 valence electrons. The standard InChI is InChI=1S/C20H21N3O2S2/c1-13(18-21-14-7-3-4-9-16(14)27-18)22(2)19(24)15-8-5-11-23(15)20(25)17-10-6-12-26-17/h3-4,6-7,9-10,12-13,15H,5,8,11H2,1-2H3/t13-,15-/m0/s1. The number of hydrogen-bond donors (Lipinski definition) is 0. The number of benzene rings is 1. The largest absolute Gasteiger partial charge is 0.335 e. The number of aromatic nitrogens is 1. The fraction of sp³-hybridized carbons (Fsp3) is 0.350. The van der Waals surface area contributed by atoms with Gasteiger partial charge in [-0.25, -0.2) is 4.98 Å². The summed E-state index contributed by atoms with van der Waals surface area (Å²) in [5.74, 6) is -0.0500. The van der Waals surface area contributed by atoms with Gasteiger partial charge >= 0.3 is 0 Å². The Hall–Kier alpha value is -2.25. The van der Waals surface area contributed by atoms with Crippen LogP contribution < -0.4 is 0 Å². The Labute approximate surface area is 166 Å². The van der Waals surface area contributed by atoms with Gasteiger partial charge < -0.3 is 9.80 Å². The molecule has 2 atom stereocenters. The van der Waals surface area contributed by atoms with Crippen molar-refractivity contribution >= 4 is 44.7 Å². The van der Waals surface area contributed by atoms with E-state index in [0.717, 1.165) is 21.6 Å². The molecule has 3 heterocycles. The third kappa shape index (κ3) is 3.37. The molecule has 3 aromatic rings. The highest BCUT2D eigenvalue weighted by Crippen LogP contribution is 2.31. The van der Waals surface area contributed by atoms with Crippen molar-refractivity contribution in [2.45, 2.75) is 31.8 Å². The molecule has 27 heavy (non-hydrogen) atoms. The summed E-state index contributed by atoms with van der Waals surface area (Å²) >= 11 is 3.04. The van der Waals surface area contributed by atoms with Crippen molar-refractivity contribution < 1.29 is 9.59 Å². The SMILES string of the molecule is C[C@@H](c1nc2ccccc2s1)N(C)C(=O)[C@@H]1CCCN1C(=O)c1cccs1. The zero-order valence-corrected chi connectivity index (χ0v) is 16.9. The van der Waals surface area contributed by atoms with Gasteiger partial charge in [0, 0.05) is 13.6 Å². The number of hydrogen-bond acceptors (Lipinski definition) is 5. The predicted octanol–water partition coefficient (Wildman–Crippen LogP) is 4.18. The number of nitrogens with zero attached hydrogens (tertiary/aromatic N) is 3. The van der Waals surface area contributed by atoms with Gasteiger partial charge in [0.2, 0.25) is 5.91 Å². The quantitative estimate of drug-likeness (QED) is 0.661. The molecule has 1 saturated heterocycles. The summed E-state index contributed by atoms with van der Waals surface area (Å²) in [6, 6.07) is 11.2. The van der Waals surface area contributed by atoms with E-state index >= 15 is 0 Å². The maximum absolute atomic E-state index is 13.2. The van der Waals surface area contributed by atoms with Crippen LogP contribution in [0.5, 0.6) is 0 Å². The molecule has 0 N–H and O–H groups in total. The van der Waals surface area contributed by atoms with Crippen molar-refractivity contribution in [2.75, 3.05) is 13.6 Å². The highest BCUT2D eigenvalue weighted by Gasteiger charge is 2.37. The summed E-state index contributed by atoms with van der Waals surface area (Å²) in [5, 5.41) is 2.81. The van der Waals surface area contributed by atoms with Crippen LogP contribution in [0.15, 0.2) is 41.8 Å². The van der Waals surface area contributed by atoms with Crippen LogP contribution in [0.25, 0.3) is 10.2 Å². The molecule has 1 aromatic carbocycles. The molecule has 0 radical (unpaired) electrons. The van der Waals surface area contributed by atoms with Gasteiger partial charge in [-0.2, -0.15) is 0 Å². The summed E-state index contributed by atoms with van der Waals surface area (Å²) in [5.41, 5.74) is 0.959. The van der Waals surface area contributed by atoms with Gasteiger partial charge in [0.25, 0.3) is 5.91 Å². The molecule has 1 fully saturated rings. The molecule has 0 bridgehead atoms. The average Bonchev–Trinajstić information content (AvgIpc) is 3.45. The van der Waals surface area contributed by atoms with E-state index in [1.165, 1.54) is 11.3 Å². The van der Waals surface area contributed by atoms with Crippen LogP contribution >= 0.6 is 22.7 Å². The van der Waals surface area contributed by atoms with E-state index in [1.807, 2.05) is 55.7 Å². The summed E-state index contributed by atoms with van der Waals surface area (Å²) in [7, 11) is 1.81. The first kappa shape index (κ1) is 18.1. The van der Waals surface area contributed by atoms with Crippen LogP contribution in [0.2, 0.25) is 0 Å². The number of amides is 2. The van der Waals surface area contributed by atoms with Crippen LogP contribution in [0.3, 0.4) is 0 Å². The third-order valence-corrected chi connectivity index (χ3v) is 7.19. The van der Waals surface area contributed by atoms with Crippen molar-refractivity contribution in [1.29, 1.82) is 0 Å². The molecular formula is C20H21N3O2S2. The molecule has 0 spiro atoms. The zero-order valence-electron chi connectivity index (χ0n) is 15.3. The molecule has 1 aliphatic rings. The van der Waals surface area contributed by atoms with E-state index in [1.54, 1.807) is 21.1 Å². The summed E-state index contributed by atoms with van der Waals surface area (Å²) in [6.07, 6.45) is 1.57. The molecular weight excluding hydrogens is 378 g/mol. The van der Waals surface area contributed by atoms with Crippen molar-refractivity contribution in [1.82, 2.24) is 14.8 Å². The number of fused-ring (bicyclic) bond motifs is 1. The number of carbonyl (C=O) groups excluding carboxylic acids is 2. The lowest BCUT2D eigenvalue weighted by Gasteiger charge is -2.30. The average molecular weight is 400 g/mol. The smallest absolute Gasteiger partial charge is 0.264 e. The van der Waals surface area contributed by atoms with E-state index < -0.39 is 0 Å². The maximum Gasteiger partial charge on any atom is 0.264 e. The van der Waals surface area contributed by atoms with Crippen molar-refractivity contribution in [2.24, 2.45) is 0 Å². The van der Waals surface area contributed by atoms with Gasteiger partial charge in [0.15, 0.2) is 0 Å². The zero-order chi connectivity index (χ0) is 19.0. The number of rotatable bonds is 4. The van der Waals surface area contributed by atoms with Gasteiger partial charge in [-0.05, 0) is 43.3 Å². The molecule has 4 rings (SSSR count). The van der Waals surface area contributed by atoms with Gasteiger partial charge in [-0.3, -0.25) is 9.59 Å². The van der Waals surface area contributed by atoms with Gasteiger partial charge in [-0.15, -0.1) is 22.7 Å². The number of thiophene rings is 1. The van der Waals surface area contributed by atoms with E-state index in [9.17, 15) is 9.59 Å². The summed E-state index contributed by atoms with van der Waals surface area (Å²) in [4.78, 5) is 34.8. The highest BCUT2D eigenvalue weighted by atomic mass is 32.1. The molecule has 2 aromatic heterocycles. The van der Waals surface area contributed by atoms with Gasteiger partial charge in [-0.1, -0.05) is 18.2 Å². The van der Waals surface area contributed by atoms with Crippen molar-refractivity contribution in [3.63, 3.8) is 0 Å². The predicted molar refractivity (Wildman–Crippen MR) is 109 cm³/mol. The minimum atomic E-state index is -0.388. The molecule has 0 aliphatic carbocycles. The number of likely N-dealkylation sites (tertiary alicyclic amines) is 1. The Bertz CT molecular complexity index is 934. The first-order valence-electron chi connectivity index (χ1n) is 9.03. The Morgan fingerprint density at radius 1 is 1.26 bits per heavy atom. The minimum absolute atomic E-state index is 0.0100. The van der Waals surface area contributed by atoms with Crippen LogP contribution in [0.4, 0.5) is 0 Å². The molecule has 5 nitrogen and oxygen atoms in total. The molecule has 7 heteroatoms. The van der Waals surface area contributed by atoms with Crippen molar-refractivity contribution in [3.05, 3.63) is 51.7 Å². The number of likely N-dealkylation sites (N-methyl/N-ethyl adjacent to an activating group) is 1. The maximum atomic E-state index is 13.2. The Morgan fingerprint density at radius 3 is 2.81 bits per heavy atom. The monoisotopic (exact) mass is 399 g/mol. The van der Waals surface area contributed by atoms with E-state index in [-0.39, 0.29) is 23.9 Å². The fourth-order valence-electron chi connectivity index (χ4n) is 3.47. The molecule has 2 amide bonds. The van der Waals surface area contributed by atoms with Gasteiger partial charge in [0.05, 0.1) is 21.1 Å². The first-order chi connectivity index (χ1) is 13.1. The molecule has 1 aliphatic heterocycles. The molecule has 0 unspecified atom stereocenters. The Morgan fingerprint density at radius 2 is 2.07 bits per heavy atom. The topological polar surface area (TPSA) is 53.5 Å². The van der Waals surface area contributed by atoms with Crippen LogP contribution in [-0.4, -0.2) is 46.2 Å². The lowest BCUT2D eigenvalue weighted by Crippen LogP contribution is -2.47. The van der Waals surface area contributed by atoms with E-state index in [2.05, 4.69) is 4.98 Å². The van der Waals surface area contributed by atoms with Crippen molar-refractivity contribution in [3.8, 4) is 0 Å². The number of para-hydroxylation sites is 1. The number of thiazole rings is 1. The fourth-order valence-corrected chi connectivity index (χ4v) is 5.21. The highest BCUT2D eigenvalue weighted by molar-refractivity contribution is 7.18. The number of carbonyl (C=O) groups is 2. The lowest BCUT2D eigenvalue weighted by atomic mass is 10.1. The third-order valence-electron chi connectivity index (χ3n) is 5.13. The Kier molecular flexibility index (Phi) is 4.97. The molecule has 0 saturated carbocycles.